The lowest BCUT2D eigenvalue weighted by Crippen LogP contribution is -2.24. The highest BCUT2D eigenvalue weighted by Gasteiger charge is 2.16. The van der Waals surface area contributed by atoms with Crippen molar-refractivity contribution in [2.75, 3.05) is 41.4 Å². The van der Waals surface area contributed by atoms with E-state index in [-0.39, 0.29) is 16.4 Å². The van der Waals surface area contributed by atoms with Gasteiger partial charge in [0.1, 0.15) is 12.4 Å². The van der Waals surface area contributed by atoms with Crippen molar-refractivity contribution in [3.8, 4) is 17.2 Å². The van der Waals surface area contributed by atoms with Crippen LogP contribution in [0.2, 0.25) is 0 Å². The molecule has 0 saturated heterocycles. The van der Waals surface area contributed by atoms with Gasteiger partial charge in [-0.05, 0) is 49.0 Å². The van der Waals surface area contributed by atoms with Crippen molar-refractivity contribution in [1.29, 1.82) is 0 Å². The molecule has 2 rings (SSSR count). The summed E-state index contributed by atoms with van der Waals surface area (Å²) in [6, 6.07) is 11.1. The summed E-state index contributed by atoms with van der Waals surface area (Å²) in [7, 11) is 2.73. The summed E-state index contributed by atoms with van der Waals surface area (Å²) >= 11 is 0. The van der Waals surface area contributed by atoms with E-state index in [0.29, 0.717) is 25.4 Å². The van der Waals surface area contributed by atoms with E-state index in [4.69, 9.17) is 9.47 Å². The van der Waals surface area contributed by atoms with Gasteiger partial charge in [0.15, 0.2) is 11.5 Å². The summed E-state index contributed by atoms with van der Waals surface area (Å²) in [4.78, 5) is 2.15. The normalized spacial score (nSPS) is 11.9. The SMILES string of the molecule is COc1ccc(CN(C)CCOc2ccc(S(=O)(=O)N(C)C)cc2)cc1OC(F)F. The maximum absolute atomic E-state index is 12.5. The van der Waals surface area contributed by atoms with Gasteiger partial charge in [-0.2, -0.15) is 8.78 Å². The monoisotopic (exact) mass is 444 g/mol. The second-order valence-electron chi connectivity index (χ2n) is 6.71. The second kappa shape index (κ2) is 10.6. The van der Waals surface area contributed by atoms with Crippen LogP contribution in [-0.2, 0) is 16.6 Å². The van der Waals surface area contributed by atoms with Crippen molar-refractivity contribution >= 4 is 10.0 Å². The zero-order valence-corrected chi connectivity index (χ0v) is 18.2. The van der Waals surface area contributed by atoms with Crippen LogP contribution in [0.3, 0.4) is 0 Å². The standard InChI is InChI=1S/C20H26F2N2O5S/c1-23(2)30(25,26)17-8-6-16(7-9-17)28-12-11-24(3)14-15-5-10-18(27-4)19(13-15)29-20(21)22/h5-10,13,20H,11-12,14H2,1-4H3. The third kappa shape index (κ3) is 6.54. The molecule has 10 heteroatoms. The molecule has 30 heavy (non-hydrogen) atoms. The molecule has 0 spiro atoms. The predicted molar refractivity (Wildman–Crippen MR) is 109 cm³/mol. The average Bonchev–Trinajstić information content (AvgIpc) is 2.68. The van der Waals surface area contributed by atoms with Crippen molar-refractivity contribution in [3.05, 3.63) is 48.0 Å². The number of rotatable bonds is 11. The molecular formula is C20H26F2N2O5S. The highest BCUT2D eigenvalue weighted by atomic mass is 32.2. The fourth-order valence-electron chi connectivity index (χ4n) is 2.64. The Morgan fingerprint density at radius 1 is 1.00 bits per heavy atom. The van der Waals surface area contributed by atoms with E-state index >= 15 is 0 Å². The number of hydrogen-bond acceptors (Lipinski definition) is 6. The van der Waals surface area contributed by atoms with E-state index in [1.165, 1.54) is 39.4 Å². The van der Waals surface area contributed by atoms with Gasteiger partial charge in [0.2, 0.25) is 10.0 Å². The first-order chi connectivity index (χ1) is 14.1. The average molecular weight is 445 g/mol. The first-order valence-corrected chi connectivity index (χ1v) is 10.5. The van der Waals surface area contributed by atoms with Gasteiger partial charge >= 0.3 is 6.61 Å². The van der Waals surface area contributed by atoms with Crippen LogP contribution in [0, 0.1) is 0 Å². The molecule has 0 atom stereocenters. The van der Waals surface area contributed by atoms with Crippen molar-refractivity contribution in [2.24, 2.45) is 0 Å². The summed E-state index contributed by atoms with van der Waals surface area (Å²) in [5.74, 6) is 0.783. The van der Waals surface area contributed by atoms with Crippen LogP contribution in [-0.4, -0.2) is 65.6 Å². The number of halogens is 2. The third-order valence-corrected chi connectivity index (χ3v) is 6.07. The van der Waals surface area contributed by atoms with Gasteiger partial charge in [-0.25, -0.2) is 12.7 Å². The zero-order valence-electron chi connectivity index (χ0n) is 17.3. The lowest BCUT2D eigenvalue weighted by atomic mass is 10.2. The molecule has 0 aliphatic heterocycles. The quantitative estimate of drug-likeness (QED) is 0.531. The zero-order chi connectivity index (χ0) is 22.3. The summed E-state index contributed by atoms with van der Waals surface area (Å²) < 4.78 is 65.6. The van der Waals surface area contributed by atoms with Gasteiger partial charge in [0, 0.05) is 27.2 Å². The molecule has 2 aromatic carbocycles. The Morgan fingerprint density at radius 3 is 2.23 bits per heavy atom. The minimum Gasteiger partial charge on any atom is -0.493 e. The molecule has 0 N–H and O–H groups in total. The van der Waals surface area contributed by atoms with Crippen molar-refractivity contribution in [1.82, 2.24) is 9.21 Å². The molecule has 0 unspecified atom stereocenters. The molecule has 0 aliphatic carbocycles. The van der Waals surface area contributed by atoms with Gasteiger partial charge in [-0.15, -0.1) is 0 Å². The largest absolute Gasteiger partial charge is 0.493 e. The number of alkyl halides is 2. The first kappa shape index (κ1) is 23.8. The van der Waals surface area contributed by atoms with Crippen molar-refractivity contribution in [2.45, 2.75) is 18.1 Å². The van der Waals surface area contributed by atoms with Crippen LogP contribution < -0.4 is 14.2 Å². The van der Waals surface area contributed by atoms with Gasteiger partial charge in [0.25, 0.3) is 0 Å². The highest BCUT2D eigenvalue weighted by Crippen LogP contribution is 2.29. The summed E-state index contributed by atoms with van der Waals surface area (Å²) in [5, 5.41) is 0. The van der Waals surface area contributed by atoms with Crippen LogP contribution in [0.25, 0.3) is 0 Å². The molecule has 2 aromatic rings. The lowest BCUT2D eigenvalue weighted by molar-refractivity contribution is -0.0512. The Balaban J connectivity index is 1.89. The summed E-state index contributed by atoms with van der Waals surface area (Å²) in [5.41, 5.74) is 0.784. The van der Waals surface area contributed by atoms with E-state index in [0.717, 1.165) is 9.87 Å². The molecule has 0 bridgehead atoms. The van der Waals surface area contributed by atoms with Crippen LogP contribution in [0.1, 0.15) is 5.56 Å². The Morgan fingerprint density at radius 2 is 1.67 bits per heavy atom. The molecule has 0 aliphatic rings. The number of benzene rings is 2. The van der Waals surface area contributed by atoms with Crippen LogP contribution >= 0.6 is 0 Å². The molecule has 0 fully saturated rings. The van der Waals surface area contributed by atoms with Gasteiger partial charge in [0.05, 0.1) is 12.0 Å². The smallest absolute Gasteiger partial charge is 0.387 e. The number of hydrogen-bond donors (Lipinski definition) is 0. The number of methoxy groups -OCH3 is 1. The van der Waals surface area contributed by atoms with Crippen molar-refractivity contribution < 1.29 is 31.4 Å². The molecule has 166 valence electrons. The fourth-order valence-corrected chi connectivity index (χ4v) is 3.54. The predicted octanol–water partition coefficient (Wildman–Crippen LogP) is 3.06. The van der Waals surface area contributed by atoms with E-state index in [2.05, 4.69) is 4.74 Å². The molecule has 0 saturated carbocycles. The molecule has 0 amide bonds. The lowest BCUT2D eigenvalue weighted by Gasteiger charge is -2.18. The Bertz CT molecular complexity index is 921. The van der Waals surface area contributed by atoms with Gasteiger partial charge in [-0.1, -0.05) is 6.07 Å². The van der Waals surface area contributed by atoms with Gasteiger partial charge in [-0.3, -0.25) is 4.90 Å². The van der Waals surface area contributed by atoms with E-state index < -0.39 is 16.6 Å². The van der Waals surface area contributed by atoms with E-state index in [9.17, 15) is 17.2 Å². The highest BCUT2D eigenvalue weighted by molar-refractivity contribution is 7.89. The number of likely N-dealkylation sites (N-methyl/N-ethyl adjacent to an activating group) is 1. The van der Waals surface area contributed by atoms with E-state index in [1.807, 2.05) is 11.9 Å². The molecule has 0 aromatic heterocycles. The number of ether oxygens (including phenoxy) is 3. The number of sulfonamides is 1. The maximum Gasteiger partial charge on any atom is 0.387 e. The second-order valence-corrected chi connectivity index (χ2v) is 8.86. The summed E-state index contributed by atoms with van der Waals surface area (Å²) in [6.45, 7) is -1.51. The van der Waals surface area contributed by atoms with Crippen LogP contribution in [0.4, 0.5) is 8.78 Å². The molecule has 0 radical (unpaired) electrons. The number of nitrogens with zero attached hydrogens (tertiary/aromatic N) is 2. The minimum absolute atomic E-state index is 0.0117. The fraction of sp³-hybridized carbons (Fsp3) is 0.400. The van der Waals surface area contributed by atoms with E-state index in [1.54, 1.807) is 24.3 Å². The Hall–Kier alpha value is -2.43. The van der Waals surface area contributed by atoms with Crippen LogP contribution in [0.5, 0.6) is 17.2 Å². The molecular weight excluding hydrogens is 418 g/mol. The Kier molecular flexibility index (Phi) is 8.39. The van der Waals surface area contributed by atoms with Crippen LogP contribution in [0.15, 0.2) is 47.4 Å². The topological polar surface area (TPSA) is 68.3 Å². The first-order valence-electron chi connectivity index (χ1n) is 9.09. The Labute approximate surface area is 175 Å². The third-order valence-electron chi connectivity index (χ3n) is 4.24. The molecule has 7 nitrogen and oxygen atoms in total. The summed E-state index contributed by atoms with van der Waals surface area (Å²) in [6.07, 6.45) is 0. The minimum atomic E-state index is -3.48. The van der Waals surface area contributed by atoms with Gasteiger partial charge < -0.3 is 14.2 Å². The molecule has 0 heterocycles. The maximum atomic E-state index is 12.5. The van der Waals surface area contributed by atoms with Crippen molar-refractivity contribution in [3.63, 3.8) is 0 Å².